The minimum Gasteiger partial charge on any atom is -0.444 e. The van der Waals surface area contributed by atoms with Crippen LogP contribution in [-0.2, 0) is 16.1 Å². The van der Waals surface area contributed by atoms with Crippen LogP contribution in [-0.4, -0.2) is 40.6 Å². The van der Waals surface area contributed by atoms with Gasteiger partial charge in [-0.15, -0.1) is 0 Å². The van der Waals surface area contributed by atoms with Crippen molar-refractivity contribution in [3.05, 3.63) is 34.3 Å². The Kier molecular flexibility index (Phi) is 5.91. The third kappa shape index (κ3) is 5.25. The van der Waals surface area contributed by atoms with Gasteiger partial charge in [-0.05, 0) is 38.5 Å². The number of halogens is 2. The van der Waals surface area contributed by atoms with Crippen molar-refractivity contribution in [1.29, 1.82) is 0 Å². The number of carbonyl (C=O) groups excluding carboxylic acids is 1. The summed E-state index contributed by atoms with van der Waals surface area (Å²) in [6.07, 6.45) is -0.317. The van der Waals surface area contributed by atoms with E-state index in [1.807, 2.05) is 45.0 Å². The molecule has 1 saturated heterocycles. The maximum Gasteiger partial charge on any atom is 0.410 e. The van der Waals surface area contributed by atoms with Gasteiger partial charge >= 0.3 is 6.09 Å². The molecule has 6 heteroatoms. The average Bonchev–Trinajstić information content (AvgIpc) is 2.78. The fourth-order valence-electron chi connectivity index (χ4n) is 2.15. The van der Waals surface area contributed by atoms with Crippen LogP contribution >= 0.6 is 31.9 Å². The summed E-state index contributed by atoms with van der Waals surface area (Å²) in [5.41, 5.74) is 0.633. The van der Waals surface area contributed by atoms with E-state index in [1.54, 1.807) is 4.90 Å². The van der Waals surface area contributed by atoms with Crippen LogP contribution in [0.5, 0.6) is 0 Å². The van der Waals surface area contributed by atoms with Crippen molar-refractivity contribution in [2.45, 2.75) is 43.9 Å². The van der Waals surface area contributed by atoms with Crippen molar-refractivity contribution in [1.82, 2.24) is 4.90 Å². The minimum absolute atomic E-state index is 0.0313. The van der Waals surface area contributed by atoms with E-state index in [1.165, 1.54) is 0 Å². The summed E-state index contributed by atoms with van der Waals surface area (Å²) >= 11 is 7.01. The molecule has 22 heavy (non-hydrogen) atoms. The molecule has 0 spiro atoms. The zero-order valence-electron chi connectivity index (χ0n) is 13.0. The van der Waals surface area contributed by atoms with Gasteiger partial charge in [-0.2, -0.15) is 0 Å². The Morgan fingerprint density at radius 1 is 1.27 bits per heavy atom. The lowest BCUT2D eigenvalue weighted by Crippen LogP contribution is -2.36. The van der Waals surface area contributed by atoms with Gasteiger partial charge in [-0.1, -0.05) is 44.0 Å². The van der Waals surface area contributed by atoms with Gasteiger partial charge in [0, 0.05) is 11.0 Å². The Hall–Kier alpha value is -0.590. The number of nitrogens with zero attached hydrogens (tertiary/aromatic N) is 1. The molecule has 1 aromatic carbocycles. The molecule has 1 amide bonds. The van der Waals surface area contributed by atoms with Gasteiger partial charge in [0.25, 0.3) is 0 Å². The Balaban J connectivity index is 1.85. The number of carbonyl (C=O) groups is 1. The van der Waals surface area contributed by atoms with Gasteiger partial charge in [-0.25, -0.2) is 4.79 Å². The maximum atomic E-state index is 12.1. The van der Waals surface area contributed by atoms with Crippen LogP contribution in [0.2, 0.25) is 0 Å². The van der Waals surface area contributed by atoms with Gasteiger partial charge < -0.3 is 14.4 Å². The molecule has 2 unspecified atom stereocenters. The van der Waals surface area contributed by atoms with E-state index in [-0.39, 0.29) is 17.0 Å². The molecule has 1 fully saturated rings. The molecule has 1 aliphatic heterocycles. The highest BCUT2D eigenvalue weighted by molar-refractivity contribution is 9.10. The van der Waals surface area contributed by atoms with Crippen LogP contribution in [0.3, 0.4) is 0 Å². The third-order valence-corrected chi connectivity index (χ3v) is 4.64. The normalized spacial score (nSPS) is 22.0. The SMILES string of the molecule is CC(C)(C)OC(=O)N1CC(Br)C(OCc2ccc(Br)cc2)C1. The summed E-state index contributed by atoms with van der Waals surface area (Å²) in [4.78, 5) is 13.9. The van der Waals surface area contributed by atoms with Crippen LogP contribution < -0.4 is 0 Å². The molecule has 1 aromatic rings. The van der Waals surface area contributed by atoms with E-state index in [0.717, 1.165) is 10.0 Å². The Morgan fingerprint density at radius 3 is 2.50 bits per heavy atom. The molecule has 122 valence electrons. The van der Waals surface area contributed by atoms with E-state index in [0.29, 0.717) is 19.7 Å². The number of alkyl halides is 1. The molecule has 0 bridgehead atoms. The van der Waals surface area contributed by atoms with Crippen molar-refractivity contribution in [3.63, 3.8) is 0 Å². The molecule has 2 rings (SSSR count). The van der Waals surface area contributed by atoms with Crippen LogP contribution in [0.15, 0.2) is 28.7 Å². The van der Waals surface area contributed by atoms with Crippen molar-refractivity contribution >= 4 is 38.0 Å². The Bertz CT molecular complexity index is 513. The molecule has 0 saturated carbocycles. The van der Waals surface area contributed by atoms with Gasteiger partial charge in [0.1, 0.15) is 5.60 Å². The fraction of sp³-hybridized carbons (Fsp3) is 0.562. The zero-order chi connectivity index (χ0) is 16.3. The van der Waals surface area contributed by atoms with Crippen molar-refractivity contribution < 1.29 is 14.3 Å². The molecule has 0 aromatic heterocycles. The monoisotopic (exact) mass is 433 g/mol. The summed E-state index contributed by atoms with van der Waals surface area (Å²) in [6.45, 7) is 7.28. The van der Waals surface area contributed by atoms with Gasteiger partial charge in [0.2, 0.25) is 0 Å². The number of benzene rings is 1. The molecule has 0 aliphatic carbocycles. The second-order valence-corrected chi connectivity index (χ2v) is 8.47. The van der Waals surface area contributed by atoms with Crippen molar-refractivity contribution in [2.75, 3.05) is 13.1 Å². The molecule has 2 atom stereocenters. The predicted octanol–water partition coefficient (Wildman–Crippen LogP) is 4.35. The standard InChI is InChI=1S/C16H21Br2NO3/c1-16(2,3)22-15(20)19-8-13(18)14(9-19)21-10-11-4-6-12(17)7-5-11/h4-7,13-14H,8-10H2,1-3H3. The van der Waals surface area contributed by atoms with Crippen LogP contribution in [0.1, 0.15) is 26.3 Å². The molecular formula is C16H21Br2NO3. The summed E-state index contributed by atoms with van der Waals surface area (Å²) in [5.74, 6) is 0. The molecular weight excluding hydrogens is 414 g/mol. The molecule has 0 radical (unpaired) electrons. The van der Waals surface area contributed by atoms with Crippen molar-refractivity contribution in [2.24, 2.45) is 0 Å². The number of likely N-dealkylation sites (tertiary alicyclic amines) is 1. The minimum atomic E-state index is -0.477. The number of hydrogen-bond donors (Lipinski definition) is 0. The lowest BCUT2D eigenvalue weighted by Gasteiger charge is -2.24. The van der Waals surface area contributed by atoms with Crippen LogP contribution in [0.4, 0.5) is 4.79 Å². The number of hydrogen-bond acceptors (Lipinski definition) is 3. The zero-order valence-corrected chi connectivity index (χ0v) is 16.2. The van der Waals surface area contributed by atoms with Crippen LogP contribution in [0, 0.1) is 0 Å². The maximum absolute atomic E-state index is 12.1. The van der Waals surface area contributed by atoms with E-state index in [9.17, 15) is 4.79 Å². The fourth-order valence-corrected chi connectivity index (χ4v) is 3.08. The third-order valence-electron chi connectivity index (χ3n) is 3.23. The quantitative estimate of drug-likeness (QED) is 0.663. The van der Waals surface area contributed by atoms with Gasteiger partial charge in [-0.3, -0.25) is 0 Å². The van der Waals surface area contributed by atoms with E-state index < -0.39 is 5.60 Å². The van der Waals surface area contributed by atoms with Gasteiger partial charge in [0.15, 0.2) is 0 Å². The first-order valence-corrected chi connectivity index (χ1v) is 8.93. The van der Waals surface area contributed by atoms with E-state index in [2.05, 4.69) is 31.9 Å². The van der Waals surface area contributed by atoms with Gasteiger partial charge in [0.05, 0.1) is 24.1 Å². The highest BCUT2D eigenvalue weighted by Crippen LogP contribution is 2.24. The number of rotatable bonds is 3. The molecule has 1 aliphatic rings. The predicted molar refractivity (Wildman–Crippen MR) is 93.2 cm³/mol. The van der Waals surface area contributed by atoms with E-state index in [4.69, 9.17) is 9.47 Å². The van der Waals surface area contributed by atoms with Crippen molar-refractivity contribution in [3.8, 4) is 0 Å². The summed E-state index contributed by atoms with van der Waals surface area (Å²) in [7, 11) is 0. The second kappa shape index (κ2) is 7.32. The lowest BCUT2D eigenvalue weighted by molar-refractivity contribution is 0.0189. The van der Waals surface area contributed by atoms with E-state index >= 15 is 0 Å². The molecule has 0 N–H and O–H groups in total. The first kappa shape index (κ1) is 17.8. The average molecular weight is 435 g/mol. The number of ether oxygens (including phenoxy) is 2. The first-order chi connectivity index (χ1) is 10.2. The van der Waals surface area contributed by atoms with Crippen LogP contribution in [0.25, 0.3) is 0 Å². The first-order valence-electron chi connectivity index (χ1n) is 7.22. The Morgan fingerprint density at radius 2 is 1.91 bits per heavy atom. The smallest absolute Gasteiger partial charge is 0.410 e. The Labute approximate surface area is 148 Å². The largest absolute Gasteiger partial charge is 0.444 e. The summed E-state index contributed by atoms with van der Waals surface area (Å²) in [5, 5.41) is 0. The lowest BCUT2D eigenvalue weighted by atomic mass is 10.2. The summed E-state index contributed by atoms with van der Waals surface area (Å²) in [6, 6.07) is 8.03. The topological polar surface area (TPSA) is 38.8 Å². The highest BCUT2D eigenvalue weighted by atomic mass is 79.9. The highest BCUT2D eigenvalue weighted by Gasteiger charge is 2.36. The molecule has 4 nitrogen and oxygen atoms in total. The second-order valence-electron chi connectivity index (χ2n) is 6.38. The molecule has 1 heterocycles. The number of amides is 1. The summed E-state index contributed by atoms with van der Waals surface area (Å²) < 4.78 is 12.4.